The van der Waals surface area contributed by atoms with Gasteiger partial charge in [0.25, 0.3) is 5.91 Å². The third kappa shape index (κ3) is 4.37. The number of nitrogens with two attached hydrogens (primary N) is 1. The minimum Gasteiger partial charge on any atom is -0.345 e. The third-order valence-electron chi connectivity index (χ3n) is 3.21. The lowest BCUT2D eigenvalue weighted by Crippen LogP contribution is -2.27. The predicted octanol–water partition coefficient (Wildman–Crippen LogP) is 2.73. The van der Waals surface area contributed by atoms with Crippen molar-refractivity contribution in [2.45, 2.75) is 17.9 Å². The quantitative estimate of drug-likeness (QED) is 0.826. The molecule has 5 nitrogen and oxygen atoms in total. The van der Waals surface area contributed by atoms with Gasteiger partial charge in [-0.2, -0.15) is 0 Å². The second-order valence-electron chi connectivity index (χ2n) is 4.94. The number of rotatable bonds is 4. The Morgan fingerprint density at radius 3 is 2.57 bits per heavy atom. The molecule has 0 heterocycles. The molecule has 2 rings (SSSR count). The number of amides is 1. The van der Waals surface area contributed by atoms with Crippen LogP contribution < -0.4 is 10.5 Å². The van der Waals surface area contributed by atoms with E-state index in [1.165, 1.54) is 30.3 Å². The summed E-state index contributed by atoms with van der Waals surface area (Å²) in [5.74, 6) is -0.868. The highest BCUT2D eigenvalue weighted by Gasteiger charge is 2.16. The lowest BCUT2D eigenvalue weighted by molar-refractivity contribution is 0.0939. The van der Waals surface area contributed by atoms with Crippen molar-refractivity contribution < 1.29 is 17.6 Å². The molecule has 1 atom stereocenters. The Morgan fingerprint density at radius 1 is 1.26 bits per heavy atom. The summed E-state index contributed by atoms with van der Waals surface area (Å²) in [5.41, 5.74) is 0.865. The van der Waals surface area contributed by atoms with Crippen molar-refractivity contribution in [2.75, 3.05) is 0 Å². The monoisotopic (exact) mass is 400 g/mol. The fourth-order valence-corrected chi connectivity index (χ4v) is 3.09. The van der Waals surface area contributed by atoms with E-state index in [1.54, 1.807) is 19.1 Å². The molecule has 0 bridgehead atoms. The van der Waals surface area contributed by atoms with Crippen LogP contribution in [0.2, 0.25) is 0 Å². The topological polar surface area (TPSA) is 89.3 Å². The minimum absolute atomic E-state index is 0.0286. The zero-order valence-corrected chi connectivity index (χ0v) is 14.5. The summed E-state index contributed by atoms with van der Waals surface area (Å²) in [6, 6.07) is 9.30. The SMILES string of the molecule is CC(NC(=O)c1ccc(F)cc1Br)c1cccc(S(N)(=O)=O)c1. The van der Waals surface area contributed by atoms with Crippen LogP contribution in [0.5, 0.6) is 0 Å². The molecule has 122 valence electrons. The molecule has 1 unspecified atom stereocenters. The van der Waals surface area contributed by atoms with Gasteiger partial charge in [0.05, 0.1) is 16.5 Å². The number of hydrogen-bond acceptors (Lipinski definition) is 3. The maximum absolute atomic E-state index is 13.1. The molecule has 0 aliphatic heterocycles. The van der Waals surface area contributed by atoms with E-state index in [0.29, 0.717) is 10.0 Å². The Labute approximate surface area is 141 Å². The van der Waals surface area contributed by atoms with Gasteiger partial charge < -0.3 is 5.32 Å². The molecule has 2 aromatic rings. The van der Waals surface area contributed by atoms with Gasteiger partial charge in [0.1, 0.15) is 5.82 Å². The first-order valence-corrected chi connectivity index (χ1v) is 8.91. The van der Waals surface area contributed by atoms with Crippen LogP contribution in [0.15, 0.2) is 51.8 Å². The Hall–Kier alpha value is -1.77. The Bertz CT molecular complexity index is 856. The molecule has 2 aromatic carbocycles. The van der Waals surface area contributed by atoms with Crippen LogP contribution in [0.3, 0.4) is 0 Å². The van der Waals surface area contributed by atoms with Crippen LogP contribution >= 0.6 is 15.9 Å². The summed E-state index contributed by atoms with van der Waals surface area (Å²) in [5, 5.41) is 7.82. The highest BCUT2D eigenvalue weighted by atomic mass is 79.9. The molecule has 0 fully saturated rings. The molecule has 0 saturated heterocycles. The zero-order valence-electron chi connectivity index (χ0n) is 12.1. The van der Waals surface area contributed by atoms with Gasteiger partial charge in [0.2, 0.25) is 10.0 Å². The Kier molecular flexibility index (Phi) is 5.18. The van der Waals surface area contributed by atoms with E-state index in [1.807, 2.05) is 0 Å². The molecular weight excluding hydrogens is 387 g/mol. The van der Waals surface area contributed by atoms with Gasteiger partial charge >= 0.3 is 0 Å². The third-order valence-corrected chi connectivity index (χ3v) is 4.78. The van der Waals surface area contributed by atoms with Crippen LogP contribution in [-0.4, -0.2) is 14.3 Å². The smallest absolute Gasteiger partial charge is 0.252 e. The molecule has 8 heteroatoms. The molecule has 0 aliphatic carbocycles. The predicted molar refractivity (Wildman–Crippen MR) is 87.8 cm³/mol. The number of halogens is 2. The summed E-state index contributed by atoms with van der Waals surface area (Å²) < 4.78 is 36.2. The summed E-state index contributed by atoms with van der Waals surface area (Å²) >= 11 is 3.13. The van der Waals surface area contributed by atoms with Gasteiger partial charge in [-0.05, 0) is 58.7 Å². The second kappa shape index (κ2) is 6.77. The van der Waals surface area contributed by atoms with Gasteiger partial charge in [0, 0.05) is 4.47 Å². The van der Waals surface area contributed by atoms with E-state index < -0.39 is 27.8 Å². The van der Waals surface area contributed by atoms with Crippen LogP contribution in [0.1, 0.15) is 28.9 Å². The van der Waals surface area contributed by atoms with E-state index in [-0.39, 0.29) is 10.5 Å². The number of hydrogen-bond donors (Lipinski definition) is 2. The highest BCUT2D eigenvalue weighted by Crippen LogP contribution is 2.21. The zero-order chi connectivity index (χ0) is 17.2. The maximum Gasteiger partial charge on any atom is 0.252 e. The number of primary sulfonamides is 1. The molecule has 0 radical (unpaired) electrons. The number of carbonyl (C=O) groups excluding carboxylic acids is 1. The van der Waals surface area contributed by atoms with Crippen molar-refractivity contribution in [1.82, 2.24) is 5.32 Å². The number of nitrogens with one attached hydrogen (secondary N) is 1. The van der Waals surface area contributed by atoms with Gasteiger partial charge in [-0.3, -0.25) is 4.79 Å². The first-order chi connectivity index (χ1) is 10.7. The molecular formula is C15H14BrFN2O3S. The summed E-state index contributed by atoms with van der Waals surface area (Å²) in [6.07, 6.45) is 0. The summed E-state index contributed by atoms with van der Waals surface area (Å²) in [6.45, 7) is 1.71. The van der Waals surface area contributed by atoms with Crippen LogP contribution in [0.4, 0.5) is 4.39 Å². The van der Waals surface area contributed by atoms with E-state index in [0.717, 1.165) is 0 Å². The number of sulfonamides is 1. The van der Waals surface area contributed by atoms with E-state index in [4.69, 9.17) is 5.14 Å². The van der Waals surface area contributed by atoms with Crippen LogP contribution in [-0.2, 0) is 10.0 Å². The van der Waals surface area contributed by atoms with E-state index in [2.05, 4.69) is 21.2 Å². The van der Waals surface area contributed by atoms with Crippen molar-refractivity contribution in [1.29, 1.82) is 0 Å². The molecule has 1 amide bonds. The summed E-state index contributed by atoms with van der Waals surface area (Å²) in [4.78, 5) is 12.2. The Morgan fingerprint density at radius 2 is 1.96 bits per heavy atom. The average Bonchev–Trinajstić information content (AvgIpc) is 2.46. The van der Waals surface area contributed by atoms with Crippen molar-refractivity contribution in [3.05, 3.63) is 63.9 Å². The van der Waals surface area contributed by atoms with Crippen molar-refractivity contribution in [3.8, 4) is 0 Å². The molecule has 3 N–H and O–H groups in total. The minimum atomic E-state index is -3.81. The largest absolute Gasteiger partial charge is 0.345 e. The molecule has 0 spiro atoms. The lowest BCUT2D eigenvalue weighted by atomic mass is 10.1. The standard InChI is InChI=1S/C15H14BrFN2O3S/c1-9(10-3-2-4-12(7-10)23(18,21)22)19-15(20)13-6-5-11(17)8-14(13)16/h2-9H,1H3,(H,19,20)(H2,18,21,22). The lowest BCUT2D eigenvalue weighted by Gasteiger charge is -2.15. The maximum atomic E-state index is 13.1. The van der Waals surface area contributed by atoms with Gasteiger partial charge in [-0.15, -0.1) is 0 Å². The van der Waals surface area contributed by atoms with Crippen LogP contribution in [0, 0.1) is 5.82 Å². The van der Waals surface area contributed by atoms with Crippen molar-refractivity contribution in [3.63, 3.8) is 0 Å². The summed E-state index contributed by atoms with van der Waals surface area (Å²) in [7, 11) is -3.81. The Balaban J connectivity index is 2.22. The second-order valence-corrected chi connectivity index (χ2v) is 7.35. The average molecular weight is 401 g/mol. The van der Waals surface area contributed by atoms with E-state index in [9.17, 15) is 17.6 Å². The fourth-order valence-electron chi connectivity index (χ4n) is 1.99. The van der Waals surface area contributed by atoms with Gasteiger partial charge in [0.15, 0.2) is 0 Å². The first kappa shape index (κ1) is 17.6. The number of carbonyl (C=O) groups is 1. The normalized spacial score (nSPS) is 12.7. The number of benzene rings is 2. The van der Waals surface area contributed by atoms with Crippen molar-refractivity contribution in [2.24, 2.45) is 5.14 Å². The molecule has 23 heavy (non-hydrogen) atoms. The molecule has 0 aromatic heterocycles. The van der Waals surface area contributed by atoms with Crippen molar-refractivity contribution >= 4 is 31.9 Å². The van der Waals surface area contributed by atoms with Gasteiger partial charge in [-0.1, -0.05) is 12.1 Å². The fraction of sp³-hybridized carbons (Fsp3) is 0.133. The van der Waals surface area contributed by atoms with E-state index >= 15 is 0 Å². The first-order valence-electron chi connectivity index (χ1n) is 6.57. The van der Waals surface area contributed by atoms with Crippen LogP contribution in [0.25, 0.3) is 0 Å². The molecule has 0 saturated carbocycles. The molecule has 0 aliphatic rings. The highest BCUT2D eigenvalue weighted by molar-refractivity contribution is 9.10. The van der Waals surface area contributed by atoms with Gasteiger partial charge in [-0.25, -0.2) is 17.9 Å².